The monoisotopic (exact) mass is 372 g/mol. The molecule has 4 aliphatic carbocycles. The highest BCUT2D eigenvalue weighted by Crippen LogP contribution is 2.55. The van der Waals surface area contributed by atoms with Crippen LogP contribution in [-0.4, -0.2) is 23.2 Å². The van der Waals surface area contributed by atoms with Crippen LogP contribution in [0, 0.1) is 17.8 Å². The Bertz CT molecular complexity index is 650. The smallest absolute Gasteiger partial charge is 0.257 e. The highest BCUT2D eigenvalue weighted by atomic mass is 32.1. The number of carbonyl (C=O) groups is 1. The topological polar surface area (TPSA) is 50.4 Å². The van der Waals surface area contributed by atoms with Gasteiger partial charge in [-0.15, -0.1) is 0 Å². The van der Waals surface area contributed by atoms with Crippen LogP contribution in [0.25, 0.3) is 0 Å². The van der Waals surface area contributed by atoms with Crippen molar-refractivity contribution in [3.63, 3.8) is 0 Å². The molecule has 0 aliphatic heterocycles. The molecule has 0 aromatic heterocycles. The second kappa shape index (κ2) is 7.18. The van der Waals surface area contributed by atoms with E-state index in [9.17, 15) is 4.79 Å². The van der Waals surface area contributed by atoms with Crippen LogP contribution in [0.1, 0.15) is 62.2 Å². The zero-order valence-electron chi connectivity index (χ0n) is 15.4. The summed E-state index contributed by atoms with van der Waals surface area (Å²) in [4.78, 5) is 12.5. The first-order valence-electron chi connectivity index (χ1n) is 9.91. The molecule has 26 heavy (non-hydrogen) atoms. The number of amides is 1. The van der Waals surface area contributed by atoms with Crippen LogP contribution in [0.3, 0.4) is 0 Å². The third-order valence-electron chi connectivity index (χ3n) is 6.23. The van der Waals surface area contributed by atoms with E-state index in [1.54, 1.807) is 12.1 Å². The van der Waals surface area contributed by atoms with Gasteiger partial charge >= 0.3 is 0 Å². The maximum atomic E-state index is 12.5. The molecule has 5 heteroatoms. The molecule has 140 valence electrons. The molecular formula is C21H28N2O2S. The lowest BCUT2D eigenvalue weighted by molar-refractivity contribution is -0.0101. The van der Waals surface area contributed by atoms with Gasteiger partial charge in [-0.3, -0.25) is 10.1 Å². The minimum Gasteiger partial charge on any atom is -0.494 e. The van der Waals surface area contributed by atoms with Crippen molar-refractivity contribution in [3.8, 4) is 5.75 Å². The summed E-state index contributed by atoms with van der Waals surface area (Å²) in [5.41, 5.74) is 0.722. The molecule has 0 heterocycles. The standard InChI is InChI=1S/C21H28N2O2S/c1-2-7-25-18-5-3-17(4-6-18)19(24)22-20(26)23-21-11-14-8-15(12-21)10-16(9-14)13-21/h3-6,14-16H,2,7-13H2,1H3,(H2,22,23,24,26). The fourth-order valence-corrected chi connectivity index (χ4v) is 5.94. The predicted octanol–water partition coefficient (Wildman–Crippen LogP) is 4.05. The van der Waals surface area contributed by atoms with Crippen LogP contribution in [0.2, 0.25) is 0 Å². The van der Waals surface area contributed by atoms with E-state index in [4.69, 9.17) is 17.0 Å². The highest BCUT2D eigenvalue weighted by molar-refractivity contribution is 7.80. The number of thiocarbonyl (C=S) groups is 1. The van der Waals surface area contributed by atoms with Gasteiger partial charge in [-0.1, -0.05) is 6.92 Å². The lowest BCUT2D eigenvalue weighted by atomic mass is 9.53. The molecule has 5 rings (SSSR count). The predicted molar refractivity (Wildman–Crippen MR) is 106 cm³/mol. The maximum Gasteiger partial charge on any atom is 0.257 e. The van der Waals surface area contributed by atoms with Gasteiger partial charge < -0.3 is 10.1 Å². The number of nitrogens with one attached hydrogen (secondary N) is 2. The molecule has 0 radical (unpaired) electrons. The second-order valence-electron chi connectivity index (χ2n) is 8.48. The number of ether oxygens (including phenoxy) is 1. The summed E-state index contributed by atoms with van der Waals surface area (Å²) in [6.45, 7) is 2.75. The Labute approximate surface area is 161 Å². The van der Waals surface area contributed by atoms with Gasteiger partial charge in [-0.05, 0) is 99.2 Å². The van der Waals surface area contributed by atoms with E-state index in [0.29, 0.717) is 17.3 Å². The average Bonchev–Trinajstić information content (AvgIpc) is 2.58. The summed E-state index contributed by atoms with van der Waals surface area (Å²) in [6, 6.07) is 7.24. The average molecular weight is 373 g/mol. The molecule has 2 N–H and O–H groups in total. The van der Waals surface area contributed by atoms with Crippen LogP contribution in [0.5, 0.6) is 5.75 Å². The van der Waals surface area contributed by atoms with Gasteiger partial charge in [0.25, 0.3) is 5.91 Å². The first kappa shape index (κ1) is 17.8. The SMILES string of the molecule is CCCOc1ccc(C(=O)NC(=S)NC23CC4CC(CC(C4)C2)C3)cc1. The molecule has 0 unspecified atom stereocenters. The van der Waals surface area contributed by atoms with Crippen molar-refractivity contribution < 1.29 is 9.53 Å². The number of benzene rings is 1. The van der Waals surface area contributed by atoms with Crippen molar-refractivity contribution in [1.82, 2.24) is 10.6 Å². The van der Waals surface area contributed by atoms with Crippen molar-refractivity contribution in [2.45, 2.75) is 57.4 Å². The summed E-state index contributed by atoms with van der Waals surface area (Å²) in [5.74, 6) is 3.18. The minimum absolute atomic E-state index is 0.122. The van der Waals surface area contributed by atoms with Gasteiger partial charge in [0.2, 0.25) is 0 Å². The molecule has 4 bridgehead atoms. The van der Waals surface area contributed by atoms with Crippen molar-refractivity contribution >= 4 is 23.2 Å². The Morgan fingerprint density at radius 1 is 1.12 bits per heavy atom. The Morgan fingerprint density at radius 3 is 2.23 bits per heavy atom. The van der Waals surface area contributed by atoms with Crippen LogP contribution >= 0.6 is 12.2 Å². The Kier molecular flexibility index (Phi) is 4.91. The van der Waals surface area contributed by atoms with Gasteiger partial charge in [0, 0.05) is 11.1 Å². The van der Waals surface area contributed by atoms with Crippen LogP contribution in [-0.2, 0) is 0 Å². The van der Waals surface area contributed by atoms with E-state index in [-0.39, 0.29) is 11.4 Å². The number of hydrogen-bond donors (Lipinski definition) is 2. The maximum absolute atomic E-state index is 12.5. The molecule has 1 amide bonds. The fraction of sp³-hybridized carbons (Fsp3) is 0.619. The zero-order valence-corrected chi connectivity index (χ0v) is 16.2. The summed E-state index contributed by atoms with van der Waals surface area (Å²) in [6.07, 6.45) is 8.77. The molecule has 0 saturated heterocycles. The van der Waals surface area contributed by atoms with Crippen molar-refractivity contribution in [2.75, 3.05) is 6.61 Å². The summed E-state index contributed by atoms with van der Waals surface area (Å²) >= 11 is 5.48. The number of hydrogen-bond acceptors (Lipinski definition) is 3. The number of carbonyl (C=O) groups excluding carboxylic acids is 1. The second-order valence-corrected chi connectivity index (χ2v) is 8.89. The molecule has 0 atom stereocenters. The minimum atomic E-state index is -0.158. The van der Waals surface area contributed by atoms with Crippen LogP contribution in [0.15, 0.2) is 24.3 Å². The normalized spacial score (nSPS) is 31.5. The zero-order chi connectivity index (χ0) is 18.1. The van der Waals surface area contributed by atoms with E-state index in [2.05, 4.69) is 17.6 Å². The van der Waals surface area contributed by atoms with Gasteiger partial charge in [-0.25, -0.2) is 0 Å². The molecular weight excluding hydrogens is 344 g/mol. The summed E-state index contributed by atoms with van der Waals surface area (Å²) in [5, 5.41) is 6.89. The van der Waals surface area contributed by atoms with Crippen LogP contribution < -0.4 is 15.4 Å². The van der Waals surface area contributed by atoms with Gasteiger partial charge in [0.1, 0.15) is 5.75 Å². The fourth-order valence-electron chi connectivity index (χ4n) is 5.63. The first-order chi connectivity index (χ1) is 12.5. The molecule has 4 fully saturated rings. The Hall–Kier alpha value is -1.62. The molecule has 1 aromatic rings. The largest absolute Gasteiger partial charge is 0.494 e. The van der Waals surface area contributed by atoms with E-state index < -0.39 is 0 Å². The Morgan fingerprint density at radius 2 is 1.69 bits per heavy atom. The van der Waals surface area contributed by atoms with E-state index in [1.165, 1.54) is 38.5 Å². The molecule has 4 saturated carbocycles. The van der Waals surface area contributed by atoms with Gasteiger partial charge in [0.05, 0.1) is 6.61 Å². The van der Waals surface area contributed by atoms with E-state index in [0.717, 1.165) is 29.9 Å². The van der Waals surface area contributed by atoms with Gasteiger partial charge in [0.15, 0.2) is 5.11 Å². The molecule has 4 aliphatic rings. The first-order valence-corrected chi connectivity index (χ1v) is 10.3. The van der Waals surface area contributed by atoms with Crippen molar-refractivity contribution in [2.24, 2.45) is 17.8 Å². The molecule has 1 aromatic carbocycles. The lowest BCUT2D eigenvalue weighted by Crippen LogP contribution is -2.61. The number of rotatable bonds is 5. The highest BCUT2D eigenvalue weighted by Gasteiger charge is 2.51. The van der Waals surface area contributed by atoms with E-state index >= 15 is 0 Å². The lowest BCUT2D eigenvalue weighted by Gasteiger charge is -2.57. The molecule has 4 nitrogen and oxygen atoms in total. The third-order valence-corrected chi connectivity index (χ3v) is 6.44. The van der Waals surface area contributed by atoms with Crippen molar-refractivity contribution in [3.05, 3.63) is 29.8 Å². The van der Waals surface area contributed by atoms with Gasteiger partial charge in [-0.2, -0.15) is 0 Å². The molecule has 0 spiro atoms. The van der Waals surface area contributed by atoms with Crippen molar-refractivity contribution in [1.29, 1.82) is 0 Å². The van der Waals surface area contributed by atoms with Crippen LogP contribution in [0.4, 0.5) is 0 Å². The Balaban J connectivity index is 1.34. The van der Waals surface area contributed by atoms with E-state index in [1.807, 2.05) is 12.1 Å². The summed E-state index contributed by atoms with van der Waals surface area (Å²) < 4.78 is 5.56. The third kappa shape index (κ3) is 3.73. The summed E-state index contributed by atoms with van der Waals surface area (Å²) in [7, 11) is 0. The quantitative estimate of drug-likeness (QED) is 0.766.